The smallest absolute Gasteiger partial charge is 0.238 e. The molecular weight excluding hydrogens is 929 g/mol. The average molecular weight is 971 g/mol. The summed E-state index contributed by atoms with van der Waals surface area (Å²) in [4.78, 5) is 17.3. The molecule has 0 saturated heterocycles. The maximum Gasteiger partial charge on any atom is 0.238 e. The van der Waals surface area contributed by atoms with Crippen LogP contribution in [0.2, 0.25) is 0 Å². The number of benzene rings is 11. The number of hydrogen-bond acceptors (Lipinski definition) is 5. The van der Waals surface area contributed by atoms with Gasteiger partial charge in [-0.15, -0.1) is 0 Å². The minimum atomic E-state index is -1.03. The molecule has 0 spiro atoms. The summed E-state index contributed by atoms with van der Waals surface area (Å²) >= 11 is 0. The molecule has 0 fully saturated rings. The Bertz CT molecular complexity index is 4800. The Hall–Kier alpha value is -10.2. The van der Waals surface area contributed by atoms with Gasteiger partial charge < -0.3 is 8.83 Å². The van der Waals surface area contributed by atoms with Gasteiger partial charge in [-0.2, -0.15) is 9.97 Å². The van der Waals surface area contributed by atoms with Gasteiger partial charge in [0.05, 0.1) is 11.0 Å². The van der Waals surface area contributed by atoms with Gasteiger partial charge in [-0.3, -0.25) is 4.57 Å². The second-order valence-corrected chi connectivity index (χ2v) is 19.8. The quantitative estimate of drug-likeness (QED) is 0.159. The molecule has 15 aromatic rings. The second kappa shape index (κ2) is 16.4. The number of fused-ring (bicyclic) bond motifs is 12. The molecule has 1 aliphatic rings. The SMILES string of the molecule is c1ccc(-c2cccc(-c3ccc4c5ccccc5n(-c5nc(-c6cccc(-c7ccc8c(c7)oc7ccccc78)c6)nc(C6(c7cccc8oc9ccccc9c78)c7ccccc7-c7ccccc76)n5)c4c3)c2)cc1. The van der Waals surface area contributed by atoms with Gasteiger partial charge in [-0.05, 0) is 116 Å². The summed E-state index contributed by atoms with van der Waals surface area (Å²) in [7, 11) is 0. The molecule has 11 aromatic carbocycles. The van der Waals surface area contributed by atoms with Crippen LogP contribution in [0.4, 0.5) is 0 Å². The number of nitrogens with zero attached hydrogens (tertiary/aromatic N) is 4. The van der Waals surface area contributed by atoms with E-state index in [9.17, 15) is 0 Å². The number of furan rings is 2. The fourth-order valence-electron chi connectivity index (χ4n) is 12.4. The van der Waals surface area contributed by atoms with Gasteiger partial charge in [0.15, 0.2) is 11.6 Å². The summed E-state index contributed by atoms with van der Waals surface area (Å²) in [6, 6.07) is 90.2. The molecule has 6 heteroatoms. The van der Waals surface area contributed by atoms with Crippen LogP contribution in [0.25, 0.3) is 128 Å². The van der Waals surface area contributed by atoms with E-state index in [0.717, 1.165) is 127 Å². The molecule has 0 atom stereocenters. The molecular formula is C70H42N4O2. The van der Waals surface area contributed by atoms with Crippen LogP contribution in [0.1, 0.15) is 22.5 Å². The first kappa shape index (κ1) is 42.3. The first-order valence-electron chi connectivity index (χ1n) is 25.7. The number of rotatable bonds is 7. The predicted octanol–water partition coefficient (Wildman–Crippen LogP) is 17.8. The van der Waals surface area contributed by atoms with Crippen molar-refractivity contribution < 1.29 is 8.83 Å². The highest BCUT2D eigenvalue weighted by atomic mass is 16.3. The number of hydrogen-bond donors (Lipinski definition) is 0. The molecule has 0 N–H and O–H groups in total. The third-order valence-corrected chi connectivity index (χ3v) is 15.7. The first-order chi connectivity index (χ1) is 37.7. The van der Waals surface area contributed by atoms with Crippen molar-refractivity contribution in [3.63, 3.8) is 0 Å². The van der Waals surface area contributed by atoms with Crippen LogP contribution < -0.4 is 0 Å². The van der Waals surface area contributed by atoms with E-state index in [0.29, 0.717) is 17.6 Å². The number of aromatic nitrogens is 4. The summed E-state index contributed by atoms with van der Waals surface area (Å²) in [6.45, 7) is 0. The highest BCUT2D eigenvalue weighted by Crippen LogP contribution is 2.57. The van der Waals surface area contributed by atoms with Crippen molar-refractivity contribution in [2.24, 2.45) is 0 Å². The molecule has 4 heterocycles. The van der Waals surface area contributed by atoms with Crippen LogP contribution in [0, 0.1) is 0 Å². The molecule has 0 amide bonds. The fourth-order valence-corrected chi connectivity index (χ4v) is 12.4. The predicted molar refractivity (Wildman–Crippen MR) is 308 cm³/mol. The highest BCUT2D eigenvalue weighted by molar-refractivity contribution is 6.11. The summed E-state index contributed by atoms with van der Waals surface area (Å²) in [6.07, 6.45) is 0. The van der Waals surface area contributed by atoms with E-state index in [2.05, 4.69) is 241 Å². The zero-order valence-electron chi connectivity index (χ0n) is 40.9. The van der Waals surface area contributed by atoms with E-state index in [1.807, 2.05) is 18.2 Å². The standard InChI is InChI=1S/C70H42N4O2/c1-2-17-43(18-3-1)44-19-14-20-45(39-44)47-35-37-53-52-25-6-11-31-60(52)74(61(53)41-47)69-72-67(49-22-15-21-46(40-49)48-36-38-55-54-26-7-12-32-62(54)76-65(55)42-48)71-68(73-69)70(57-28-9-4-23-50(57)51-24-5-10-29-58(51)70)59-30-16-34-64-66(59)56-27-8-13-33-63(56)75-64/h1-42H. The normalized spacial score (nSPS) is 12.8. The van der Waals surface area contributed by atoms with Crippen LogP contribution in [-0.2, 0) is 5.41 Å². The topological polar surface area (TPSA) is 69.9 Å². The van der Waals surface area contributed by atoms with E-state index in [1.165, 1.54) is 5.56 Å². The van der Waals surface area contributed by atoms with Crippen molar-refractivity contribution in [3.05, 3.63) is 277 Å². The van der Waals surface area contributed by atoms with Crippen LogP contribution >= 0.6 is 0 Å². The van der Waals surface area contributed by atoms with Gasteiger partial charge in [-0.25, -0.2) is 4.98 Å². The highest BCUT2D eigenvalue weighted by Gasteiger charge is 2.50. The molecule has 0 aliphatic heterocycles. The minimum Gasteiger partial charge on any atom is -0.456 e. The Balaban J connectivity index is 0.996. The molecule has 16 rings (SSSR count). The van der Waals surface area contributed by atoms with Crippen molar-refractivity contribution in [1.82, 2.24) is 19.5 Å². The lowest BCUT2D eigenvalue weighted by Crippen LogP contribution is -2.32. The summed E-state index contributed by atoms with van der Waals surface area (Å²) in [5.41, 5.74) is 17.2. The molecule has 1 aliphatic carbocycles. The number of para-hydroxylation sites is 3. The molecule has 6 nitrogen and oxygen atoms in total. The third kappa shape index (κ3) is 6.25. The zero-order chi connectivity index (χ0) is 49.9. The first-order valence-corrected chi connectivity index (χ1v) is 25.7. The minimum absolute atomic E-state index is 0.515. The Labute approximate surface area is 436 Å². The lowest BCUT2D eigenvalue weighted by molar-refractivity contribution is 0.664. The average Bonchev–Trinajstić information content (AvgIpc) is 4.37. The van der Waals surface area contributed by atoms with Crippen LogP contribution in [-0.4, -0.2) is 19.5 Å². The van der Waals surface area contributed by atoms with Crippen molar-refractivity contribution in [2.45, 2.75) is 5.41 Å². The molecule has 0 radical (unpaired) electrons. The maximum absolute atomic E-state index is 6.70. The van der Waals surface area contributed by atoms with Crippen LogP contribution in [0.3, 0.4) is 0 Å². The van der Waals surface area contributed by atoms with E-state index < -0.39 is 5.41 Å². The Morgan fingerprint density at radius 1 is 0.303 bits per heavy atom. The summed E-state index contributed by atoms with van der Waals surface area (Å²) in [5.74, 6) is 1.67. The lowest BCUT2D eigenvalue weighted by atomic mass is 9.70. The lowest BCUT2D eigenvalue weighted by Gasteiger charge is -2.32. The summed E-state index contributed by atoms with van der Waals surface area (Å²) < 4.78 is 15.4. The second-order valence-electron chi connectivity index (χ2n) is 19.8. The van der Waals surface area contributed by atoms with Crippen molar-refractivity contribution in [2.75, 3.05) is 0 Å². The van der Waals surface area contributed by atoms with Crippen molar-refractivity contribution in [1.29, 1.82) is 0 Å². The monoisotopic (exact) mass is 970 g/mol. The maximum atomic E-state index is 6.70. The van der Waals surface area contributed by atoms with Crippen LogP contribution in [0.5, 0.6) is 0 Å². The Morgan fingerprint density at radius 2 is 0.803 bits per heavy atom. The molecule has 4 aromatic heterocycles. The zero-order valence-corrected chi connectivity index (χ0v) is 40.9. The van der Waals surface area contributed by atoms with Gasteiger partial charge in [0.1, 0.15) is 27.7 Å². The van der Waals surface area contributed by atoms with Gasteiger partial charge >= 0.3 is 0 Å². The molecule has 0 saturated carbocycles. The van der Waals surface area contributed by atoms with Gasteiger partial charge in [-0.1, -0.05) is 200 Å². The van der Waals surface area contributed by atoms with Gasteiger partial charge in [0, 0.05) is 37.9 Å². The van der Waals surface area contributed by atoms with E-state index in [-0.39, 0.29) is 0 Å². The van der Waals surface area contributed by atoms with Crippen molar-refractivity contribution in [3.8, 4) is 61.8 Å². The molecule has 0 unspecified atom stereocenters. The molecule has 354 valence electrons. The van der Waals surface area contributed by atoms with Gasteiger partial charge in [0.25, 0.3) is 0 Å². The fraction of sp³-hybridized carbons (Fsp3) is 0.0143. The summed E-state index contributed by atoms with van der Waals surface area (Å²) in [5, 5.41) is 6.45. The van der Waals surface area contributed by atoms with E-state index in [1.54, 1.807) is 0 Å². The molecule has 76 heavy (non-hydrogen) atoms. The Kier molecular flexibility index (Phi) is 9.15. The largest absolute Gasteiger partial charge is 0.456 e. The molecule has 0 bridgehead atoms. The third-order valence-electron chi connectivity index (χ3n) is 15.7. The van der Waals surface area contributed by atoms with E-state index >= 15 is 0 Å². The van der Waals surface area contributed by atoms with Crippen molar-refractivity contribution >= 4 is 65.7 Å². The Morgan fingerprint density at radius 3 is 1.58 bits per heavy atom. The van der Waals surface area contributed by atoms with Gasteiger partial charge in [0.2, 0.25) is 5.95 Å². The van der Waals surface area contributed by atoms with Crippen LogP contribution in [0.15, 0.2) is 264 Å². The van der Waals surface area contributed by atoms with E-state index in [4.69, 9.17) is 23.8 Å².